The molecule has 3 nitrogen and oxygen atoms in total. The third-order valence-corrected chi connectivity index (χ3v) is 14.3. The van der Waals surface area contributed by atoms with Gasteiger partial charge >= 0.3 is 0 Å². The van der Waals surface area contributed by atoms with Gasteiger partial charge in [-0.2, -0.15) is 0 Å². The first-order chi connectivity index (χ1) is 30.2. The van der Waals surface area contributed by atoms with Gasteiger partial charge in [0.15, 0.2) is 0 Å². The molecule has 3 heteroatoms. The van der Waals surface area contributed by atoms with Crippen LogP contribution in [0.3, 0.4) is 0 Å². The van der Waals surface area contributed by atoms with Crippen LogP contribution in [-0.2, 0) is 11.8 Å². The highest BCUT2D eigenvalue weighted by Gasteiger charge is 2.53. The van der Waals surface area contributed by atoms with Crippen LogP contribution in [0.2, 0.25) is 0 Å². The molecule has 6 aliphatic rings. The smallest absolute Gasteiger partial charge is 0.0864 e. The van der Waals surface area contributed by atoms with Crippen molar-refractivity contribution in [1.29, 1.82) is 0 Å². The molecule has 1 fully saturated rings. The van der Waals surface area contributed by atoms with Crippen molar-refractivity contribution in [2.24, 2.45) is 11.8 Å². The Hall–Kier alpha value is -6.62. The zero-order valence-corrected chi connectivity index (χ0v) is 33.9. The predicted molar refractivity (Wildman–Crippen MR) is 251 cm³/mol. The third-order valence-electron chi connectivity index (χ3n) is 14.3. The first kappa shape index (κ1) is 35.2. The van der Waals surface area contributed by atoms with E-state index in [2.05, 4.69) is 216 Å². The van der Waals surface area contributed by atoms with Gasteiger partial charge < -0.3 is 0 Å². The minimum absolute atomic E-state index is 0.0651. The van der Waals surface area contributed by atoms with Gasteiger partial charge in [-0.15, -0.1) is 0 Å². The van der Waals surface area contributed by atoms with Gasteiger partial charge in [-0.25, -0.2) is 0 Å². The van der Waals surface area contributed by atoms with E-state index >= 15 is 0 Å². The summed E-state index contributed by atoms with van der Waals surface area (Å²) in [5.74, 6) is 0.754. The van der Waals surface area contributed by atoms with E-state index in [1.165, 1.54) is 94.2 Å². The van der Waals surface area contributed by atoms with Gasteiger partial charge in [-0.1, -0.05) is 194 Å². The maximum atomic E-state index is 4.10. The highest BCUT2D eigenvalue weighted by Crippen LogP contribution is 2.65. The Morgan fingerprint density at radius 3 is 2.02 bits per heavy atom. The van der Waals surface area contributed by atoms with E-state index in [4.69, 9.17) is 0 Å². The van der Waals surface area contributed by atoms with E-state index in [1.807, 2.05) is 0 Å². The minimum Gasteiger partial charge on any atom is -0.279 e. The van der Waals surface area contributed by atoms with Crippen LogP contribution < -0.4 is 16.0 Å². The molecule has 292 valence electrons. The molecular weight excluding hydrogens is 739 g/mol. The maximum absolute atomic E-state index is 4.10. The molecule has 1 aliphatic heterocycles. The topological polar surface area (TPSA) is 36.1 Å². The van der Waals surface area contributed by atoms with Crippen LogP contribution in [0.1, 0.15) is 63.3 Å². The van der Waals surface area contributed by atoms with Crippen molar-refractivity contribution >= 4 is 16.8 Å². The van der Waals surface area contributed by atoms with Crippen LogP contribution in [-0.4, -0.2) is 6.17 Å². The monoisotopic (exact) mass is 783 g/mol. The fraction of sp³-hybridized carbons (Fsp3) is 0.138. The summed E-state index contributed by atoms with van der Waals surface area (Å²) in [7, 11) is 0. The van der Waals surface area contributed by atoms with Gasteiger partial charge in [-0.05, 0) is 113 Å². The summed E-state index contributed by atoms with van der Waals surface area (Å²) >= 11 is 0. The standard InChI is InChI=1S/C58H45N3/c1-2-16-38(17-3-1)49-34-41-20-8-9-21-45(41)54-53(49)48-31-30-44(35-52(48)58(54)50-24-12-10-22-46(50)47-23-11-13-25-51(47)58)57-60-55(42-28-26-36-14-4-6-18-39(36)32-42)59-56(61-57)43-29-27-37-15-5-7-19-40(37)33-43/h1-6,8-18,20-36,39,55-57,59-61H,7,19H2. The Balaban J connectivity index is 1.03. The highest BCUT2D eigenvalue weighted by atomic mass is 15.4. The van der Waals surface area contributed by atoms with E-state index in [0.29, 0.717) is 11.8 Å². The van der Waals surface area contributed by atoms with Crippen LogP contribution >= 0.6 is 0 Å². The van der Waals surface area contributed by atoms with Crippen LogP contribution in [0.4, 0.5) is 0 Å². The molecule has 7 aromatic rings. The first-order valence-electron chi connectivity index (χ1n) is 22.0. The molecule has 5 aliphatic carbocycles. The molecule has 1 heterocycles. The quantitative estimate of drug-likeness (QED) is 0.166. The van der Waals surface area contributed by atoms with Crippen molar-refractivity contribution < 1.29 is 0 Å². The summed E-state index contributed by atoms with van der Waals surface area (Å²) in [5, 5.41) is 14.8. The second-order valence-electron chi connectivity index (χ2n) is 17.6. The number of allylic oxidation sites excluding steroid dienone is 7. The Morgan fingerprint density at radius 1 is 0.508 bits per heavy atom. The number of fused-ring (bicyclic) bond motifs is 14. The molecule has 0 amide bonds. The van der Waals surface area contributed by atoms with E-state index in [1.54, 1.807) is 0 Å². The Kier molecular flexibility index (Phi) is 7.90. The molecule has 0 aromatic heterocycles. The lowest BCUT2D eigenvalue weighted by Gasteiger charge is -2.41. The maximum Gasteiger partial charge on any atom is 0.0864 e. The zero-order chi connectivity index (χ0) is 40.1. The number of hydrogen-bond donors (Lipinski definition) is 3. The lowest BCUT2D eigenvalue weighted by Crippen LogP contribution is -2.59. The average Bonchev–Trinajstić information content (AvgIpc) is 3.81. The second-order valence-corrected chi connectivity index (χ2v) is 17.6. The summed E-state index contributed by atoms with van der Waals surface area (Å²) in [6.45, 7) is 0. The SMILES string of the molecule is C1=CC2C=CC(C3NC(c4ccc5c(c4)CCC=C5)NC(c4ccc5c(c4)C4(c6ccccc6-c6ccccc64)c4c-5c(-c5ccccc5)cc5ccccc45)N3)=CC2C=C1. The molecular formula is C58H45N3. The van der Waals surface area contributed by atoms with Gasteiger partial charge in [0.25, 0.3) is 0 Å². The average molecular weight is 784 g/mol. The first-order valence-corrected chi connectivity index (χ1v) is 22.0. The summed E-state index contributed by atoms with van der Waals surface area (Å²) in [6.07, 6.45) is 22.7. The Labute approximate surface area is 357 Å². The van der Waals surface area contributed by atoms with Crippen molar-refractivity contribution in [3.05, 3.63) is 244 Å². The number of aryl methyl sites for hydroxylation is 1. The van der Waals surface area contributed by atoms with Crippen LogP contribution in [0.5, 0.6) is 0 Å². The van der Waals surface area contributed by atoms with Crippen molar-refractivity contribution in [1.82, 2.24) is 16.0 Å². The molecule has 0 bridgehead atoms. The fourth-order valence-corrected chi connectivity index (χ4v) is 11.6. The number of hydrogen-bond acceptors (Lipinski definition) is 3. The number of benzene rings is 7. The molecule has 5 unspecified atom stereocenters. The molecule has 0 radical (unpaired) electrons. The van der Waals surface area contributed by atoms with Crippen molar-refractivity contribution in [2.75, 3.05) is 0 Å². The zero-order valence-electron chi connectivity index (χ0n) is 33.9. The molecule has 5 atom stereocenters. The normalized spacial score (nSPS) is 23.2. The predicted octanol–water partition coefficient (Wildman–Crippen LogP) is 12.5. The van der Waals surface area contributed by atoms with Crippen LogP contribution in [0.15, 0.2) is 200 Å². The largest absolute Gasteiger partial charge is 0.279 e. The van der Waals surface area contributed by atoms with E-state index in [0.717, 1.165) is 12.8 Å². The van der Waals surface area contributed by atoms with E-state index in [-0.39, 0.29) is 18.5 Å². The number of nitrogens with one attached hydrogen (secondary N) is 3. The Bertz CT molecular complexity index is 3060. The second kappa shape index (κ2) is 13.7. The van der Waals surface area contributed by atoms with Gasteiger partial charge in [0.1, 0.15) is 0 Å². The molecule has 1 saturated heterocycles. The Morgan fingerprint density at radius 2 is 1.20 bits per heavy atom. The molecule has 61 heavy (non-hydrogen) atoms. The van der Waals surface area contributed by atoms with E-state index < -0.39 is 5.41 Å². The van der Waals surface area contributed by atoms with Crippen LogP contribution in [0.25, 0.3) is 50.2 Å². The summed E-state index contributed by atoms with van der Waals surface area (Å²) in [6, 6.07) is 55.3. The van der Waals surface area contributed by atoms with E-state index in [9.17, 15) is 0 Å². The van der Waals surface area contributed by atoms with Crippen LogP contribution in [0, 0.1) is 11.8 Å². The van der Waals surface area contributed by atoms with Crippen molar-refractivity contribution in [3.8, 4) is 33.4 Å². The third kappa shape index (κ3) is 5.28. The minimum atomic E-state index is -0.513. The molecule has 13 rings (SSSR count). The van der Waals surface area contributed by atoms with Gasteiger partial charge in [0, 0.05) is 11.8 Å². The molecule has 1 spiro atoms. The summed E-state index contributed by atoms with van der Waals surface area (Å²) < 4.78 is 0. The van der Waals surface area contributed by atoms with Gasteiger partial charge in [-0.3, -0.25) is 16.0 Å². The van der Waals surface area contributed by atoms with Gasteiger partial charge in [0.2, 0.25) is 0 Å². The summed E-state index contributed by atoms with van der Waals surface area (Å²) in [4.78, 5) is 0. The lowest BCUT2D eigenvalue weighted by atomic mass is 9.69. The molecule has 7 aromatic carbocycles. The van der Waals surface area contributed by atoms with Gasteiger partial charge in [0.05, 0.1) is 23.9 Å². The van der Waals surface area contributed by atoms with Crippen molar-refractivity contribution in [2.45, 2.75) is 36.8 Å². The number of rotatable bonds is 4. The highest BCUT2D eigenvalue weighted by molar-refractivity contribution is 6.09. The summed E-state index contributed by atoms with van der Waals surface area (Å²) in [5.41, 5.74) is 19.3. The van der Waals surface area contributed by atoms with Crippen molar-refractivity contribution in [3.63, 3.8) is 0 Å². The lowest BCUT2D eigenvalue weighted by molar-refractivity contribution is 0.223. The molecule has 0 saturated carbocycles. The molecule has 3 N–H and O–H groups in total. The fourth-order valence-electron chi connectivity index (χ4n) is 11.6.